The number of halogens is 1. The van der Waals surface area contributed by atoms with Gasteiger partial charge in [-0.05, 0) is 28.1 Å². The monoisotopic (exact) mass is 309 g/mol. The summed E-state index contributed by atoms with van der Waals surface area (Å²) < 4.78 is 6.11. The lowest BCUT2D eigenvalue weighted by molar-refractivity contribution is 0.412. The summed E-state index contributed by atoms with van der Waals surface area (Å²) in [5.41, 5.74) is 3.32. The van der Waals surface area contributed by atoms with Gasteiger partial charge in [0.2, 0.25) is 0 Å². The van der Waals surface area contributed by atoms with E-state index in [-0.39, 0.29) is 0 Å². The van der Waals surface area contributed by atoms with Gasteiger partial charge in [0.25, 0.3) is 0 Å². The predicted octanol–water partition coefficient (Wildman–Crippen LogP) is 2.28. The molecule has 0 aliphatic carbocycles. The normalized spacial score (nSPS) is 9.94. The second kappa shape index (κ2) is 5.65. The number of rotatable bonds is 4. The van der Waals surface area contributed by atoms with Crippen LogP contribution in [0.1, 0.15) is 0 Å². The molecule has 2 aromatic rings. The first-order valence-electron chi connectivity index (χ1n) is 5.12. The number of nitrogens with one attached hydrogen (secondary N) is 2. The SMILES string of the molecule is COc1cc(Nc2cc(NN)ncn2)ccc1Br. The average molecular weight is 310 g/mol. The summed E-state index contributed by atoms with van der Waals surface area (Å²) in [7, 11) is 1.62. The van der Waals surface area contributed by atoms with Gasteiger partial charge in [0, 0.05) is 17.8 Å². The summed E-state index contributed by atoms with van der Waals surface area (Å²) in [6.07, 6.45) is 1.42. The molecule has 0 amide bonds. The molecule has 0 unspecified atom stereocenters. The summed E-state index contributed by atoms with van der Waals surface area (Å²) >= 11 is 3.39. The fourth-order valence-corrected chi connectivity index (χ4v) is 1.80. The van der Waals surface area contributed by atoms with Crippen LogP contribution in [-0.4, -0.2) is 17.1 Å². The molecule has 1 aromatic carbocycles. The van der Waals surface area contributed by atoms with Crippen molar-refractivity contribution in [3.8, 4) is 5.75 Å². The van der Waals surface area contributed by atoms with E-state index < -0.39 is 0 Å². The first kappa shape index (κ1) is 12.6. The summed E-state index contributed by atoms with van der Waals surface area (Å²) in [5.74, 6) is 7.20. The molecule has 6 nitrogen and oxygen atoms in total. The molecule has 1 aromatic heterocycles. The van der Waals surface area contributed by atoms with Gasteiger partial charge in [0.1, 0.15) is 23.7 Å². The quantitative estimate of drug-likeness (QED) is 0.593. The molecular weight excluding hydrogens is 298 g/mol. The van der Waals surface area contributed by atoms with Crippen molar-refractivity contribution in [3.05, 3.63) is 35.1 Å². The molecule has 0 aliphatic rings. The zero-order valence-electron chi connectivity index (χ0n) is 9.64. The highest BCUT2D eigenvalue weighted by Gasteiger charge is 2.03. The zero-order chi connectivity index (χ0) is 13.0. The van der Waals surface area contributed by atoms with Crippen LogP contribution in [0.3, 0.4) is 0 Å². The van der Waals surface area contributed by atoms with Gasteiger partial charge >= 0.3 is 0 Å². The van der Waals surface area contributed by atoms with E-state index >= 15 is 0 Å². The number of hydrogen-bond donors (Lipinski definition) is 3. The van der Waals surface area contributed by atoms with E-state index in [9.17, 15) is 0 Å². The van der Waals surface area contributed by atoms with Crippen molar-refractivity contribution in [2.45, 2.75) is 0 Å². The molecule has 4 N–H and O–H groups in total. The third-order valence-electron chi connectivity index (χ3n) is 2.24. The number of nitrogen functional groups attached to an aromatic ring is 1. The van der Waals surface area contributed by atoms with Crippen LogP contribution in [-0.2, 0) is 0 Å². The maximum atomic E-state index is 5.28. The topological polar surface area (TPSA) is 85.1 Å². The number of nitrogens with two attached hydrogens (primary N) is 1. The number of methoxy groups -OCH3 is 1. The predicted molar refractivity (Wildman–Crippen MR) is 73.8 cm³/mol. The highest BCUT2D eigenvalue weighted by Crippen LogP contribution is 2.29. The van der Waals surface area contributed by atoms with Gasteiger partial charge in [-0.3, -0.25) is 0 Å². The number of anilines is 3. The van der Waals surface area contributed by atoms with Crippen LogP contribution in [0.25, 0.3) is 0 Å². The van der Waals surface area contributed by atoms with Gasteiger partial charge in [0.15, 0.2) is 0 Å². The molecular formula is C11H12BrN5O. The van der Waals surface area contributed by atoms with Crippen LogP contribution in [0.4, 0.5) is 17.3 Å². The van der Waals surface area contributed by atoms with E-state index in [1.165, 1.54) is 6.33 Å². The standard InChI is InChI=1S/C11H12BrN5O/c1-18-9-4-7(2-3-8(9)12)16-10-5-11(17-13)15-6-14-10/h2-6H,13H2,1H3,(H2,14,15,16,17). The molecule has 0 aliphatic heterocycles. The summed E-state index contributed by atoms with van der Waals surface area (Å²) in [4.78, 5) is 8.02. The number of hydrogen-bond acceptors (Lipinski definition) is 6. The third kappa shape index (κ3) is 2.88. The molecule has 0 radical (unpaired) electrons. The van der Waals surface area contributed by atoms with Crippen molar-refractivity contribution in [3.63, 3.8) is 0 Å². The smallest absolute Gasteiger partial charge is 0.145 e. The highest BCUT2D eigenvalue weighted by atomic mass is 79.9. The highest BCUT2D eigenvalue weighted by molar-refractivity contribution is 9.10. The minimum Gasteiger partial charge on any atom is -0.495 e. The third-order valence-corrected chi connectivity index (χ3v) is 2.89. The largest absolute Gasteiger partial charge is 0.495 e. The molecule has 0 atom stereocenters. The second-order valence-corrected chi connectivity index (χ2v) is 4.26. The molecule has 0 saturated carbocycles. The molecule has 2 rings (SSSR count). The second-order valence-electron chi connectivity index (χ2n) is 3.41. The van der Waals surface area contributed by atoms with Crippen molar-refractivity contribution in [2.75, 3.05) is 17.9 Å². The van der Waals surface area contributed by atoms with Crippen molar-refractivity contribution >= 4 is 33.3 Å². The minimum absolute atomic E-state index is 0.538. The summed E-state index contributed by atoms with van der Waals surface area (Å²) in [6.45, 7) is 0. The van der Waals surface area contributed by atoms with Crippen LogP contribution in [0.15, 0.2) is 35.1 Å². The zero-order valence-corrected chi connectivity index (χ0v) is 11.2. The Morgan fingerprint density at radius 3 is 2.72 bits per heavy atom. The molecule has 0 fully saturated rings. The van der Waals surface area contributed by atoms with Crippen LogP contribution in [0.5, 0.6) is 5.75 Å². The Morgan fingerprint density at radius 2 is 2.00 bits per heavy atom. The van der Waals surface area contributed by atoms with Gasteiger partial charge in [-0.2, -0.15) is 0 Å². The Morgan fingerprint density at radius 1 is 1.22 bits per heavy atom. The van der Waals surface area contributed by atoms with Gasteiger partial charge in [0.05, 0.1) is 11.6 Å². The Labute approximate surface area is 113 Å². The Balaban J connectivity index is 2.22. The van der Waals surface area contributed by atoms with Crippen LogP contribution < -0.4 is 21.3 Å². The Bertz CT molecular complexity index is 549. The van der Waals surface area contributed by atoms with Crippen LogP contribution >= 0.6 is 15.9 Å². The van der Waals surface area contributed by atoms with Crippen LogP contribution in [0.2, 0.25) is 0 Å². The fourth-order valence-electron chi connectivity index (χ4n) is 1.39. The average Bonchev–Trinajstić information content (AvgIpc) is 2.41. The molecule has 0 bridgehead atoms. The summed E-state index contributed by atoms with van der Waals surface area (Å²) in [5, 5.41) is 3.13. The number of aromatic nitrogens is 2. The number of nitrogens with zero attached hydrogens (tertiary/aromatic N) is 2. The minimum atomic E-state index is 0.538. The lowest BCUT2D eigenvalue weighted by Crippen LogP contribution is -2.09. The van der Waals surface area contributed by atoms with Gasteiger partial charge in [-0.1, -0.05) is 0 Å². The molecule has 94 valence electrons. The van der Waals surface area contributed by atoms with Crippen molar-refractivity contribution in [1.82, 2.24) is 9.97 Å². The van der Waals surface area contributed by atoms with Gasteiger partial charge in [-0.25, -0.2) is 15.8 Å². The van der Waals surface area contributed by atoms with E-state index in [0.717, 1.165) is 15.9 Å². The van der Waals surface area contributed by atoms with Crippen molar-refractivity contribution in [2.24, 2.45) is 5.84 Å². The van der Waals surface area contributed by atoms with Crippen molar-refractivity contribution in [1.29, 1.82) is 0 Å². The van der Waals surface area contributed by atoms with Gasteiger partial charge in [-0.15, -0.1) is 0 Å². The lowest BCUT2D eigenvalue weighted by Gasteiger charge is -2.09. The first-order valence-corrected chi connectivity index (χ1v) is 5.91. The number of ether oxygens (including phenoxy) is 1. The fraction of sp³-hybridized carbons (Fsp3) is 0.0909. The number of hydrazine groups is 1. The van der Waals surface area contributed by atoms with E-state index in [2.05, 4.69) is 36.6 Å². The Hall–Kier alpha value is -1.86. The maximum Gasteiger partial charge on any atom is 0.145 e. The molecule has 0 spiro atoms. The molecule has 1 heterocycles. The van der Waals surface area contributed by atoms with E-state index in [4.69, 9.17) is 10.6 Å². The number of benzene rings is 1. The van der Waals surface area contributed by atoms with E-state index in [1.54, 1.807) is 13.2 Å². The van der Waals surface area contributed by atoms with Crippen LogP contribution in [0, 0.1) is 0 Å². The molecule has 0 saturated heterocycles. The molecule has 18 heavy (non-hydrogen) atoms. The van der Waals surface area contributed by atoms with Crippen molar-refractivity contribution < 1.29 is 4.74 Å². The molecule has 7 heteroatoms. The lowest BCUT2D eigenvalue weighted by atomic mass is 10.3. The maximum absolute atomic E-state index is 5.28. The summed E-state index contributed by atoms with van der Waals surface area (Å²) in [6, 6.07) is 7.37. The Kier molecular flexibility index (Phi) is 3.96. The van der Waals surface area contributed by atoms with Gasteiger partial charge < -0.3 is 15.5 Å². The first-order chi connectivity index (χ1) is 8.72. The van der Waals surface area contributed by atoms with E-state index in [1.807, 2.05) is 18.2 Å². The van der Waals surface area contributed by atoms with E-state index in [0.29, 0.717) is 11.6 Å².